The average molecular weight is 345 g/mol. The van der Waals surface area contributed by atoms with Crippen LogP contribution in [-0.4, -0.2) is 53.4 Å². The van der Waals surface area contributed by atoms with Crippen LogP contribution in [0.2, 0.25) is 0 Å². The minimum absolute atomic E-state index is 0.0393. The van der Waals surface area contributed by atoms with E-state index in [-0.39, 0.29) is 30.9 Å². The van der Waals surface area contributed by atoms with Crippen molar-refractivity contribution < 1.29 is 19.4 Å². The third-order valence-electron chi connectivity index (χ3n) is 4.33. The SMILES string of the molecule is N#C[C@@]1(O)CCN(c2ccnc(NC(=O)NC3CCOCC3)c2)C1=O. The number of ether oxygens (including phenoxy) is 1. The molecule has 1 atom stereocenters. The number of urea groups is 1. The average Bonchev–Trinajstić information content (AvgIpc) is 2.92. The first-order chi connectivity index (χ1) is 12.0. The molecule has 3 rings (SSSR count). The van der Waals surface area contributed by atoms with Gasteiger partial charge < -0.3 is 20.1 Å². The zero-order valence-corrected chi connectivity index (χ0v) is 13.6. The second-order valence-corrected chi connectivity index (χ2v) is 6.06. The Balaban J connectivity index is 1.65. The Hall–Kier alpha value is -2.70. The summed E-state index contributed by atoms with van der Waals surface area (Å²) in [6.45, 7) is 1.47. The molecule has 2 aliphatic heterocycles. The number of amides is 3. The smallest absolute Gasteiger partial charge is 0.320 e. The van der Waals surface area contributed by atoms with Crippen molar-refractivity contribution in [2.24, 2.45) is 0 Å². The first kappa shape index (κ1) is 17.1. The normalized spacial score (nSPS) is 24.0. The monoisotopic (exact) mass is 345 g/mol. The number of aromatic nitrogens is 1. The van der Waals surface area contributed by atoms with Crippen LogP contribution < -0.4 is 15.5 Å². The summed E-state index contributed by atoms with van der Waals surface area (Å²) in [4.78, 5) is 29.6. The molecule has 25 heavy (non-hydrogen) atoms. The van der Waals surface area contributed by atoms with Crippen LogP contribution in [0.4, 0.5) is 16.3 Å². The number of rotatable bonds is 3. The Morgan fingerprint density at radius 2 is 2.24 bits per heavy atom. The number of nitriles is 1. The zero-order valence-electron chi connectivity index (χ0n) is 13.6. The Morgan fingerprint density at radius 3 is 2.92 bits per heavy atom. The molecule has 0 saturated carbocycles. The molecule has 1 aromatic heterocycles. The zero-order chi connectivity index (χ0) is 17.9. The van der Waals surface area contributed by atoms with Gasteiger partial charge in [0, 0.05) is 50.2 Å². The molecule has 9 heteroatoms. The van der Waals surface area contributed by atoms with Gasteiger partial charge in [-0.3, -0.25) is 10.1 Å². The molecule has 1 aromatic rings. The minimum atomic E-state index is -1.99. The van der Waals surface area contributed by atoms with Gasteiger partial charge >= 0.3 is 6.03 Å². The molecule has 3 N–H and O–H groups in total. The number of hydrogen-bond acceptors (Lipinski definition) is 6. The molecule has 0 spiro atoms. The molecule has 0 aliphatic carbocycles. The highest BCUT2D eigenvalue weighted by molar-refractivity contribution is 6.04. The van der Waals surface area contributed by atoms with Gasteiger partial charge in [0.1, 0.15) is 11.9 Å². The summed E-state index contributed by atoms with van der Waals surface area (Å²) < 4.78 is 5.24. The predicted octanol–water partition coefficient (Wildman–Crippen LogP) is 0.373. The molecule has 2 aliphatic rings. The maximum atomic E-state index is 12.2. The van der Waals surface area contributed by atoms with Crippen molar-refractivity contribution in [3.8, 4) is 6.07 Å². The lowest BCUT2D eigenvalue weighted by atomic mass is 10.1. The van der Waals surface area contributed by atoms with Crippen LogP contribution in [-0.2, 0) is 9.53 Å². The standard InChI is InChI=1S/C16H19N5O4/c17-10-16(24)4-6-21(14(16)22)12-1-5-18-13(9-12)20-15(23)19-11-2-7-25-8-3-11/h1,5,9,11,24H,2-4,6-8H2,(H2,18,19,20,23)/t16-/m0/s1. The molecular formula is C16H19N5O4. The van der Waals surface area contributed by atoms with Crippen LogP contribution in [0.1, 0.15) is 19.3 Å². The molecule has 132 valence electrons. The van der Waals surface area contributed by atoms with E-state index >= 15 is 0 Å². The van der Waals surface area contributed by atoms with Gasteiger partial charge in [0.25, 0.3) is 5.91 Å². The van der Waals surface area contributed by atoms with Crippen molar-refractivity contribution in [3.63, 3.8) is 0 Å². The van der Waals surface area contributed by atoms with E-state index in [0.29, 0.717) is 18.9 Å². The fourth-order valence-corrected chi connectivity index (χ4v) is 2.89. The van der Waals surface area contributed by atoms with Gasteiger partial charge in [-0.15, -0.1) is 0 Å². The number of hydrogen-bond donors (Lipinski definition) is 3. The lowest BCUT2D eigenvalue weighted by molar-refractivity contribution is -0.128. The highest BCUT2D eigenvalue weighted by atomic mass is 16.5. The number of carbonyl (C=O) groups excluding carboxylic acids is 2. The highest BCUT2D eigenvalue weighted by Gasteiger charge is 2.46. The first-order valence-electron chi connectivity index (χ1n) is 8.09. The van der Waals surface area contributed by atoms with E-state index < -0.39 is 11.5 Å². The summed E-state index contributed by atoms with van der Waals surface area (Å²) in [5.41, 5.74) is -1.52. The van der Waals surface area contributed by atoms with E-state index in [9.17, 15) is 14.7 Å². The van der Waals surface area contributed by atoms with Crippen LogP contribution in [0.5, 0.6) is 0 Å². The topological polar surface area (TPSA) is 128 Å². The first-order valence-corrected chi connectivity index (χ1v) is 8.09. The number of nitrogens with zero attached hydrogens (tertiary/aromatic N) is 3. The molecule has 0 aromatic carbocycles. The van der Waals surface area contributed by atoms with Crippen molar-refractivity contribution >= 4 is 23.4 Å². The van der Waals surface area contributed by atoms with Crippen molar-refractivity contribution in [3.05, 3.63) is 18.3 Å². The molecule has 9 nitrogen and oxygen atoms in total. The highest BCUT2D eigenvalue weighted by Crippen LogP contribution is 2.28. The minimum Gasteiger partial charge on any atom is -0.381 e. The fourth-order valence-electron chi connectivity index (χ4n) is 2.89. The lowest BCUT2D eigenvalue weighted by Gasteiger charge is -2.23. The third kappa shape index (κ3) is 3.70. The third-order valence-corrected chi connectivity index (χ3v) is 4.33. The number of anilines is 2. The van der Waals surface area contributed by atoms with Crippen LogP contribution in [0.15, 0.2) is 18.3 Å². The fraction of sp³-hybridized carbons (Fsp3) is 0.500. The van der Waals surface area contributed by atoms with Gasteiger partial charge in [-0.1, -0.05) is 0 Å². The molecular weight excluding hydrogens is 326 g/mol. The maximum absolute atomic E-state index is 12.2. The van der Waals surface area contributed by atoms with Gasteiger partial charge in [-0.2, -0.15) is 5.26 Å². The number of pyridine rings is 1. The van der Waals surface area contributed by atoms with Crippen LogP contribution in [0, 0.1) is 11.3 Å². The van der Waals surface area contributed by atoms with Gasteiger partial charge in [-0.05, 0) is 18.9 Å². The Labute approximate surface area is 144 Å². The summed E-state index contributed by atoms with van der Waals surface area (Å²) >= 11 is 0. The number of carbonyl (C=O) groups is 2. The summed E-state index contributed by atoms with van der Waals surface area (Å²) in [6.07, 6.45) is 3.01. The summed E-state index contributed by atoms with van der Waals surface area (Å²) in [5.74, 6) is -0.388. The van der Waals surface area contributed by atoms with E-state index in [2.05, 4.69) is 15.6 Å². The van der Waals surface area contributed by atoms with Crippen LogP contribution in [0.3, 0.4) is 0 Å². The summed E-state index contributed by atoms with van der Waals surface area (Å²) in [5, 5.41) is 24.4. The van der Waals surface area contributed by atoms with E-state index in [1.165, 1.54) is 17.2 Å². The van der Waals surface area contributed by atoms with Gasteiger partial charge in [0.05, 0.1) is 0 Å². The van der Waals surface area contributed by atoms with E-state index in [1.54, 1.807) is 12.1 Å². The van der Waals surface area contributed by atoms with Gasteiger partial charge in [0.15, 0.2) is 0 Å². The lowest BCUT2D eigenvalue weighted by Crippen LogP contribution is -2.41. The van der Waals surface area contributed by atoms with E-state index in [4.69, 9.17) is 10.00 Å². The number of aliphatic hydroxyl groups is 1. The second-order valence-electron chi connectivity index (χ2n) is 6.06. The Kier molecular flexibility index (Phi) is 4.83. The molecule has 0 bridgehead atoms. The Morgan fingerprint density at radius 1 is 1.48 bits per heavy atom. The molecule has 0 radical (unpaired) electrons. The van der Waals surface area contributed by atoms with Gasteiger partial charge in [-0.25, -0.2) is 9.78 Å². The maximum Gasteiger partial charge on any atom is 0.320 e. The van der Waals surface area contributed by atoms with Crippen molar-refractivity contribution in [1.29, 1.82) is 5.26 Å². The van der Waals surface area contributed by atoms with E-state index in [1.807, 2.05) is 0 Å². The van der Waals surface area contributed by atoms with Crippen molar-refractivity contribution in [1.82, 2.24) is 10.3 Å². The molecule has 3 amide bonds. The summed E-state index contributed by atoms with van der Waals surface area (Å²) in [6, 6.07) is 4.44. The quantitative estimate of drug-likeness (QED) is 0.679. The molecule has 2 fully saturated rings. The molecule has 3 heterocycles. The van der Waals surface area contributed by atoms with Crippen molar-refractivity contribution in [2.45, 2.75) is 30.9 Å². The second kappa shape index (κ2) is 7.04. The number of nitrogens with one attached hydrogen (secondary N) is 2. The largest absolute Gasteiger partial charge is 0.381 e. The molecule has 0 unspecified atom stereocenters. The van der Waals surface area contributed by atoms with Crippen molar-refractivity contribution in [2.75, 3.05) is 30.0 Å². The predicted molar refractivity (Wildman–Crippen MR) is 87.8 cm³/mol. The van der Waals surface area contributed by atoms with E-state index in [0.717, 1.165) is 12.8 Å². The summed E-state index contributed by atoms with van der Waals surface area (Å²) in [7, 11) is 0. The Bertz CT molecular complexity index is 713. The van der Waals surface area contributed by atoms with Crippen LogP contribution >= 0.6 is 0 Å². The molecule has 2 saturated heterocycles. The van der Waals surface area contributed by atoms with Gasteiger partial charge in [0.2, 0.25) is 5.60 Å². The van der Waals surface area contributed by atoms with Crippen LogP contribution in [0.25, 0.3) is 0 Å².